The molecule has 0 unspecified atom stereocenters. The molecule has 2 aromatic heterocycles. The molecule has 118 valence electrons. The first-order chi connectivity index (χ1) is 11.5. The Morgan fingerprint density at radius 3 is 1.25 bits per heavy atom. The molecule has 0 saturated carbocycles. The Balaban J connectivity index is 1.84. The number of hydrogen-bond acceptors (Lipinski definition) is 4. The highest BCUT2D eigenvalue weighted by Gasteiger charge is 2.04. The summed E-state index contributed by atoms with van der Waals surface area (Å²) in [4.78, 5) is 8.66. The molecule has 0 saturated heterocycles. The summed E-state index contributed by atoms with van der Waals surface area (Å²) in [6.07, 6.45) is 3.18. The van der Waals surface area contributed by atoms with Gasteiger partial charge < -0.3 is 11.5 Å². The zero-order chi connectivity index (χ0) is 17.1. The third kappa shape index (κ3) is 3.12. The Labute approximate surface area is 139 Å². The van der Waals surface area contributed by atoms with E-state index in [2.05, 4.69) is 9.97 Å². The van der Waals surface area contributed by atoms with E-state index in [4.69, 9.17) is 22.3 Å². The Morgan fingerprint density at radius 2 is 1.00 bits per heavy atom. The minimum atomic E-state index is 0.00415. The standard InChI is InChI=1S/C18H16N6/c19-17(20)13-5-7-15(23-9-13)11-1-2-12(4-3-11)16-8-6-14(10-24-16)18(21)22/h1-10H,(H3,19,20)(H3,21,22). The van der Waals surface area contributed by atoms with Gasteiger partial charge in [-0.3, -0.25) is 20.8 Å². The van der Waals surface area contributed by atoms with E-state index in [0.717, 1.165) is 22.5 Å². The van der Waals surface area contributed by atoms with E-state index in [1.54, 1.807) is 24.5 Å². The summed E-state index contributed by atoms with van der Waals surface area (Å²) in [6, 6.07) is 15.1. The largest absolute Gasteiger partial charge is 0.384 e. The number of rotatable bonds is 4. The molecule has 1 aromatic carbocycles. The number of nitrogens with one attached hydrogen (secondary N) is 2. The molecule has 2 heterocycles. The van der Waals surface area contributed by atoms with Crippen molar-refractivity contribution in [1.82, 2.24) is 9.97 Å². The van der Waals surface area contributed by atoms with E-state index < -0.39 is 0 Å². The first-order valence-electron chi connectivity index (χ1n) is 7.26. The predicted molar refractivity (Wildman–Crippen MR) is 94.9 cm³/mol. The lowest BCUT2D eigenvalue weighted by atomic mass is 10.1. The molecular formula is C18H16N6. The molecule has 0 aliphatic carbocycles. The lowest BCUT2D eigenvalue weighted by Gasteiger charge is -2.05. The molecule has 24 heavy (non-hydrogen) atoms. The predicted octanol–water partition coefficient (Wildman–Crippen LogP) is 2.38. The highest BCUT2D eigenvalue weighted by atomic mass is 14.7. The first kappa shape index (κ1) is 15.4. The van der Waals surface area contributed by atoms with Crippen molar-refractivity contribution in [3.8, 4) is 22.5 Å². The van der Waals surface area contributed by atoms with Gasteiger partial charge in [0.15, 0.2) is 0 Å². The van der Waals surface area contributed by atoms with Crippen molar-refractivity contribution in [2.75, 3.05) is 0 Å². The zero-order valence-corrected chi connectivity index (χ0v) is 12.8. The fourth-order valence-electron chi connectivity index (χ4n) is 2.26. The third-order valence-electron chi connectivity index (χ3n) is 3.63. The monoisotopic (exact) mass is 316 g/mol. The van der Waals surface area contributed by atoms with Crippen molar-refractivity contribution in [2.24, 2.45) is 11.5 Å². The molecular weight excluding hydrogens is 300 g/mol. The Morgan fingerprint density at radius 1 is 0.625 bits per heavy atom. The van der Waals surface area contributed by atoms with Crippen LogP contribution in [-0.4, -0.2) is 21.6 Å². The fourth-order valence-corrected chi connectivity index (χ4v) is 2.26. The van der Waals surface area contributed by atoms with Crippen LogP contribution in [-0.2, 0) is 0 Å². The van der Waals surface area contributed by atoms with Crippen LogP contribution in [0.4, 0.5) is 0 Å². The van der Waals surface area contributed by atoms with Crippen molar-refractivity contribution in [3.05, 3.63) is 72.1 Å². The summed E-state index contributed by atoms with van der Waals surface area (Å²) >= 11 is 0. The molecule has 6 N–H and O–H groups in total. The van der Waals surface area contributed by atoms with E-state index in [-0.39, 0.29) is 11.7 Å². The van der Waals surface area contributed by atoms with Crippen LogP contribution >= 0.6 is 0 Å². The van der Waals surface area contributed by atoms with Crippen molar-refractivity contribution >= 4 is 11.7 Å². The molecule has 0 radical (unpaired) electrons. The second-order valence-electron chi connectivity index (χ2n) is 5.27. The normalized spacial score (nSPS) is 10.3. The van der Waals surface area contributed by atoms with E-state index >= 15 is 0 Å². The minimum absolute atomic E-state index is 0.00415. The maximum Gasteiger partial charge on any atom is 0.124 e. The first-order valence-corrected chi connectivity index (χ1v) is 7.26. The number of nitrogens with zero attached hydrogens (tertiary/aromatic N) is 2. The van der Waals surface area contributed by atoms with Crippen molar-refractivity contribution in [2.45, 2.75) is 0 Å². The van der Waals surface area contributed by atoms with Gasteiger partial charge in [-0.2, -0.15) is 0 Å². The number of pyridine rings is 2. The number of hydrogen-bond donors (Lipinski definition) is 4. The quantitative estimate of drug-likeness (QED) is 0.435. The molecule has 6 heteroatoms. The van der Waals surface area contributed by atoms with Gasteiger partial charge in [0.1, 0.15) is 11.7 Å². The SMILES string of the molecule is N=C(N)c1ccc(-c2ccc(-c3ccc(C(=N)N)cn3)cc2)nc1. The molecule has 0 aliphatic heterocycles. The summed E-state index contributed by atoms with van der Waals surface area (Å²) < 4.78 is 0. The Hall–Kier alpha value is -3.54. The van der Waals surface area contributed by atoms with Gasteiger partial charge in [0.25, 0.3) is 0 Å². The highest BCUT2D eigenvalue weighted by molar-refractivity contribution is 5.95. The average Bonchev–Trinajstić information content (AvgIpc) is 2.62. The van der Waals surface area contributed by atoms with Gasteiger partial charge in [-0.1, -0.05) is 24.3 Å². The molecule has 0 fully saturated rings. The summed E-state index contributed by atoms with van der Waals surface area (Å²) in [5, 5.41) is 14.8. The topological polar surface area (TPSA) is 126 Å². The van der Waals surface area contributed by atoms with Crippen molar-refractivity contribution in [3.63, 3.8) is 0 Å². The number of aromatic nitrogens is 2. The molecule has 0 spiro atoms. The summed E-state index contributed by atoms with van der Waals surface area (Å²) in [7, 11) is 0. The van der Waals surface area contributed by atoms with Crippen LogP contribution in [0.2, 0.25) is 0 Å². The van der Waals surface area contributed by atoms with Gasteiger partial charge in [0.05, 0.1) is 11.4 Å². The Bertz CT molecular complexity index is 804. The number of nitrogens with two attached hydrogens (primary N) is 2. The van der Waals surface area contributed by atoms with E-state index in [1.807, 2.05) is 36.4 Å². The van der Waals surface area contributed by atoms with Gasteiger partial charge in [-0.05, 0) is 24.3 Å². The number of nitrogen functional groups attached to an aromatic ring is 2. The van der Waals surface area contributed by atoms with Crippen LogP contribution in [0.3, 0.4) is 0 Å². The molecule has 3 rings (SSSR count). The van der Waals surface area contributed by atoms with Gasteiger partial charge in [-0.25, -0.2) is 0 Å². The molecule has 6 nitrogen and oxygen atoms in total. The van der Waals surface area contributed by atoms with Crippen LogP contribution < -0.4 is 11.5 Å². The lowest BCUT2D eigenvalue weighted by Crippen LogP contribution is -2.11. The van der Waals surface area contributed by atoms with Crippen LogP contribution in [0.5, 0.6) is 0 Å². The summed E-state index contributed by atoms with van der Waals surface area (Å²) in [6.45, 7) is 0. The molecule has 3 aromatic rings. The van der Waals surface area contributed by atoms with Gasteiger partial charge in [0, 0.05) is 34.6 Å². The summed E-state index contributed by atoms with van der Waals surface area (Å²) in [5.41, 5.74) is 15.6. The Kier molecular flexibility index (Phi) is 4.03. The second-order valence-corrected chi connectivity index (χ2v) is 5.27. The third-order valence-corrected chi connectivity index (χ3v) is 3.63. The number of benzene rings is 1. The van der Waals surface area contributed by atoms with E-state index in [9.17, 15) is 0 Å². The van der Waals surface area contributed by atoms with E-state index in [0.29, 0.717) is 11.1 Å². The van der Waals surface area contributed by atoms with E-state index in [1.165, 1.54) is 0 Å². The zero-order valence-electron chi connectivity index (χ0n) is 12.8. The second kappa shape index (κ2) is 6.29. The molecule has 0 bridgehead atoms. The van der Waals surface area contributed by atoms with Gasteiger partial charge >= 0.3 is 0 Å². The van der Waals surface area contributed by atoms with Crippen LogP contribution in [0.25, 0.3) is 22.5 Å². The molecule has 0 amide bonds. The summed E-state index contributed by atoms with van der Waals surface area (Å²) in [5.74, 6) is 0.00830. The maximum atomic E-state index is 7.39. The highest BCUT2D eigenvalue weighted by Crippen LogP contribution is 2.22. The van der Waals surface area contributed by atoms with Crippen molar-refractivity contribution in [1.29, 1.82) is 10.8 Å². The molecule has 0 atom stereocenters. The van der Waals surface area contributed by atoms with Crippen LogP contribution in [0.15, 0.2) is 60.9 Å². The maximum absolute atomic E-state index is 7.39. The van der Waals surface area contributed by atoms with Crippen LogP contribution in [0.1, 0.15) is 11.1 Å². The van der Waals surface area contributed by atoms with Gasteiger partial charge in [-0.15, -0.1) is 0 Å². The van der Waals surface area contributed by atoms with Crippen LogP contribution in [0, 0.1) is 10.8 Å². The minimum Gasteiger partial charge on any atom is -0.384 e. The average molecular weight is 316 g/mol. The van der Waals surface area contributed by atoms with Gasteiger partial charge in [0.2, 0.25) is 0 Å². The smallest absolute Gasteiger partial charge is 0.124 e. The number of amidine groups is 2. The van der Waals surface area contributed by atoms with Crippen molar-refractivity contribution < 1.29 is 0 Å². The lowest BCUT2D eigenvalue weighted by molar-refractivity contribution is 1.28. The molecule has 0 aliphatic rings. The fraction of sp³-hybridized carbons (Fsp3) is 0.